The van der Waals surface area contributed by atoms with Gasteiger partial charge in [-0.25, -0.2) is 9.59 Å². The number of aryl methyl sites for hydroxylation is 2. The van der Waals surface area contributed by atoms with Gasteiger partial charge in [0.15, 0.2) is 0 Å². The number of carbonyl (C=O) groups excluding carboxylic acids is 3. The fraction of sp³-hybridized carbons (Fsp3) is 0.290. The van der Waals surface area contributed by atoms with Gasteiger partial charge in [-0.1, -0.05) is 30.4 Å². The van der Waals surface area contributed by atoms with E-state index in [-0.39, 0.29) is 36.8 Å². The topological polar surface area (TPSA) is 159 Å². The second-order valence-electron chi connectivity index (χ2n) is 10.8. The number of aliphatic carboxylic acids is 1. The van der Waals surface area contributed by atoms with E-state index in [1.165, 1.54) is 12.1 Å². The lowest BCUT2D eigenvalue weighted by atomic mass is 9.62. The van der Waals surface area contributed by atoms with E-state index >= 15 is 0 Å². The van der Waals surface area contributed by atoms with Gasteiger partial charge in [0.25, 0.3) is 21.9 Å². The first kappa shape index (κ1) is 29.9. The number of anilines is 1. The highest BCUT2D eigenvalue weighted by atomic mass is 32.2. The molecule has 0 aromatic heterocycles. The normalized spacial score (nSPS) is 19.8. The highest BCUT2D eigenvalue weighted by molar-refractivity contribution is 7.85. The van der Waals surface area contributed by atoms with Crippen LogP contribution in [-0.2, 0) is 34.8 Å². The molecule has 224 valence electrons. The molecule has 2 aromatic rings. The lowest BCUT2D eigenvalue weighted by Crippen LogP contribution is -2.39. The fourth-order valence-corrected chi connectivity index (χ4v) is 6.96. The average molecular weight is 607 g/mol. The number of carboxylic acids is 1. The van der Waals surface area contributed by atoms with Crippen LogP contribution in [0.4, 0.5) is 5.69 Å². The van der Waals surface area contributed by atoms with Crippen LogP contribution in [0.2, 0.25) is 0 Å². The predicted molar refractivity (Wildman–Crippen MR) is 156 cm³/mol. The van der Waals surface area contributed by atoms with E-state index in [2.05, 4.69) is 0 Å². The molecule has 5 rings (SSSR count). The second-order valence-corrected chi connectivity index (χ2v) is 12.4. The zero-order valence-electron chi connectivity index (χ0n) is 23.8. The van der Waals surface area contributed by atoms with E-state index in [0.29, 0.717) is 44.3 Å². The van der Waals surface area contributed by atoms with Crippen molar-refractivity contribution in [2.75, 3.05) is 17.7 Å². The minimum Gasteiger partial charge on any atom is -0.478 e. The number of allylic oxidation sites excluding steroid dienone is 4. The summed E-state index contributed by atoms with van der Waals surface area (Å²) in [6.07, 6.45) is 5.45. The average Bonchev–Trinajstić information content (AvgIpc) is 3.24. The molecule has 12 heteroatoms. The van der Waals surface area contributed by atoms with Crippen molar-refractivity contribution in [3.63, 3.8) is 0 Å². The fourth-order valence-electron chi connectivity index (χ4n) is 6.45. The van der Waals surface area contributed by atoms with Crippen molar-refractivity contribution in [2.24, 2.45) is 0 Å². The third-order valence-corrected chi connectivity index (χ3v) is 8.87. The Morgan fingerprint density at radius 1 is 1.05 bits per heavy atom. The maximum Gasteiger partial charge on any atom is 0.363 e. The number of carboxylic acid groups (broad SMARTS) is 1. The number of rotatable bonds is 8. The van der Waals surface area contributed by atoms with Crippen LogP contribution in [0, 0.1) is 13.8 Å². The summed E-state index contributed by atoms with van der Waals surface area (Å²) in [7, 11) is -2.49. The first-order valence-electron chi connectivity index (χ1n) is 13.6. The maximum absolute atomic E-state index is 13.0. The Morgan fingerprint density at radius 3 is 2.28 bits per heavy atom. The van der Waals surface area contributed by atoms with Gasteiger partial charge in [-0.2, -0.15) is 8.42 Å². The molecule has 3 aliphatic rings. The molecule has 0 saturated carbocycles. The van der Waals surface area contributed by atoms with Gasteiger partial charge in [-0.05, 0) is 67.7 Å². The first-order valence-corrected chi connectivity index (χ1v) is 15.2. The minimum atomic E-state index is -4.31. The monoisotopic (exact) mass is 606 g/mol. The number of amides is 2. The highest BCUT2D eigenvalue weighted by Gasteiger charge is 2.46. The summed E-state index contributed by atoms with van der Waals surface area (Å²) in [4.78, 5) is 57.0. The summed E-state index contributed by atoms with van der Waals surface area (Å²) in [6, 6.07) is 10.2. The molecule has 43 heavy (non-hydrogen) atoms. The summed E-state index contributed by atoms with van der Waals surface area (Å²) in [5.74, 6) is -3.82. The zero-order valence-corrected chi connectivity index (χ0v) is 24.6. The number of hydrogen-bond acceptors (Lipinski definition) is 8. The van der Waals surface area contributed by atoms with Crippen molar-refractivity contribution < 1.29 is 42.1 Å². The highest BCUT2D eigenvalue weighted by Crippen LogP contribution is 2.53. The molecule has 2 amide bonds. The van der Waals surface area contributed by atoms with Crippen molar-refractivity contribution >= 4 is 45.1 Å². The Balaban J connectivity index is 1.71. The standard InChI is InChI=1S/C31H30N2O9S/c1-18-16-20(30(38)42-33-24(34)11-12-25(33)35)17-19(2)27(18)31(14-7-15-43(39,40)41)13-6-10-23-28(31)26(29(36)37)21-8-4-5-9-22(21)32(23)3/h4-6,8-10,13,16-17H,7,11-12,14-15H2,1-3H3,(H,36,37)(H,39,40,41). The number of fused-ring (bicyclic) bond motifs is 2. The Hall–Kier alpha value is -4.55. The molecule has 0 bridgehead atoms. The number of nitrogens with zero attached hydrogens (tertiary/aromatic N) is 2. The van der Waals surface area contributed by atoms with Crippen LogP contribution in [0.25, 0.3) is 5.57 Å². The third-order valence-electron chi connectivity index (χ3n) is 8.06. The molecule has 1 aliphatic carbocycles. The van der Waals surface area contributed by atoms with Crippen molar-refractivity contribution in [3.8, 4) is 0 Å². The van der Waals surface area contributed by atoms with Crippen LogP contribution < -0.4 is 4.90 Å². The second kappa shape index (κ2) is 10.9. The quantitative estimate of drug-likeness (QED) is 0.334. The van der Waals surface area contributed by atoms with Crippen molar-refractivity contribution in [3.05, 3.63) is 93.7 Å². The smallest absolute Gasteiger partial charge is 0.363 e. The van der Waals surface area contributed by atoms with Gasteiger partial charge in [-0.15, -0.1) is 5.06 Å². The molecule has 1 fully saturated rings. The molecule has 11 nitrogen and oxygen atoms in total. The van der Waals surface area contributed by atoms with Crippen LogP contribution >= 0.6 is 0 Å². The van der Waals surface area contributed by atoms with Gasteiger partial charge in [0, 0.05) is 47.8 Å². The van der Waals surface area contributed by atoms with Crippen LogP contribution in [0.1, 0.15) is 58.3 Å². The number of carbonyl (C=O) groups is 4. The van der Waals surface area contributed by atoms with Crippen molar-refractivity contribution in [1.82, 2.24) is 5.06 Å². The van der Waals surface area contributed by atoms with Gasteiger partial charge in [-0.3, -0.25) is 14.1 Å². The summed E-state index contributed by atoms with van der Waals surface area (Å²) >= 11 is 0. The van der Waals surface area contributed by atoms with Crippen molar-refractivity contribution in [1.29, 1.82) is 0 Å². The summed E-state index contributed by atoms with van der Waals surface area (Å²) in [5.41, 5.74) is 3.00. The lowest BCUT2D eigenvalue weighted by Gasteiger charge is -2.45. The molecule has 0 spiro atoms. The molecule has 1 unspecified atom stereocenters. The molecular weight excluding hydrogens is 576 g/mol. The molecule has 1 saturated heterocycles. The van der Waals surface area contributed by atoms with Gasteiger partial charge in [0.1, 0.15) is 0 Å². The van der Waals surface area contributed by atoms with Gasteiger partial charge >= 0.3 is 11.9 Å². The molecular formula is C31H30N2O9S. The summed E-state index contributed by atoms with van der Waals surface area (Å²) in [5, 5.41) is 11.1. The molecule has 2 aliphatic heterocycles. The molecule has 2 N–H and O–H groups in total. The molecule has 0 radical (unpaired) electrons. The van der Waals surface area contributed by atoms with Crippen LogP contribution in [0.3, 0.4) is 0 Å². The largest absolute Gasteiger partial charge is 0.478 e. The van der Waals surface area contributed by atoms with Crippen molar-refractivity contribution in [2.45, 2.75) is 44.9 Å². The van der Waals surface area contributed by atoms with E-state index in [1.807, 2.05) is 30.2 Å². The van der Waals surface area contributed by atoms with E-state index in [0.717, 1.165) is 0 Å². The van der Waals surface area contributed by atoms with Gasteiger partial charge < -0.3 is 14.8 Å². The Kier molecular flexibility index (Phi) is 7.61. The number of hydroxylamine groups is 2. The summed E-state index contributed by atoms with van der Waals surface area (Å²) < 4.78 is 33.0. The van der Waals surface area contributed by atoms with E-state index in [1.54, 1.807) is 38.1 Å². The molecule has 1 atom stereocenters. The van der Waals surface area contributed by atoms with E-state index < -0.39 is 45.0 Å². The maximum atomic E-state index is 13.0. The minimum absolute atomic E-state index is 0.0000692. The number of benzene rings is 2. The van der Waals surface area contributed by atoms with Crippen LogP contribution in [-0.4, -0.2) is 59.7 Å². The Morgan fingerprint density at radius 2 is 1.67 bits per heavy atom. The number of imide groups is 1. The van der Waals surface area contributed by atoms with Crippen LogP contribution in [0.15, 0.2) is 65.9 Å². The molecule has 2 aromatic carbocycles. The van der Waals surface area contributed by atoms with Gasteiger partial charge in [0.05, 0.1) is 16.9 Å². The lowest BCUT2D eigenvalue weighted by molar-refractivity contribution is -0.172. The zero-order chi connectivity index (χ0) is 31.3. The van der Waals surface area contributed by atoms with Crippen LogP contribution in [0.5, 0.6) is 0 Å². The van der Waals surface area contributed by atoms with Gasteiger partial charge in [0.2, 0.25) is 0 Å². The van der Waals surface area contributed by atoms with E-state index in [9.17, 15) is 37.3 Å². The predicted octanol–water partition coefficient (Wildman–Crippen LogP) is 3.87. The Bertz CT molecular complexity index is 1750. The first-order chi connectivity index (χ1) is 20.2. The molecule has 2 heterocycles. The Labute approximate surface area is 248 Å². The SMILES string of the molecule is Cc1cc(C(=O)ON2C(=O)CCC2=O)cc(C)c1C1(CCCS(=O)(=O)O)C=CC=C2C1=C(C(=O)O)c1ccccc1N2C. The van der Waals surface area contributed by atoms with E-state index in [4.69, 9.17) is 4.84 Å². The third kappa shape index (κ3) is 5.28. The number of likely N-dealkylation sites (N-methyl/N-ethyl adjacent to an activating group) is 1. The number of para-hydroxylation sites is 1. The number of hydrogen-bond donors (Lipinski definition) is 2. The summed E-state index contributed by atoms with van der Waals surface area (Å²) in [6.45, 7) is 3.48.